The fourth-order valence-corrected chi connectivity index (χ4v) is 4.01. The van der Waals surface area contributed by atoms with Crippen LogP contribution in [0.3, 0.4) is 0 Å². The van der Waals surface area contributed by atoms with E-state index >= 15 is 0 Å². The molecule has 0 aliphatic carbocycles. The topological polar surface area (TPSA) is 83.1 Å². The average Bonchev–Trinajstić information content (AvgIpc) is 3.29. The number of aromatic nitrogens is 4. The van der Waals surface area contributed by atoms with Crippen LogP contribution in [0.2, 0.25) is 0 Å². The molecule has 31 heavy (non-hydrogen) atoms. The Morgan fingerprint density at radius 3 is 2.48 bits per heavy atom. The third-order valence-electron chi connectivity index (χ3n) is 5.57. The van der Waals surface area contributed by atoms with E-state index in [4.69, 9.17) is 4.74 Å². The van der Waals surface area contributed by atoms with Crippen molar-refractivity contribution in [2.75, 3.05) is 43.1 Å². The molecule has 1 fully saturated rings. The second-order valence-electron chi connectivity index (χ2n) is 7.30. The summed E-state index contributed by atoms with van der Waals surface area (Å²) in [6.07, 6.45) is 3.44. The van der Waals surface area contributed by atoms with Crippen LogP contribution in [0.25, 0.3) is 16.7 Å². The molecule has 2 aromatic carbocycles. The number of ether oxygens (including phenoxy) is 1. The summed E-state index contributed by atoms with van der Waals surface area (Å²) in [5.74, 6) is 1.67. The number of benzene rings is 2. The monoisotopic (exact) mass is 411 g/mol. The first-order chi connectivity index (χ1) is 15.3. The molecule has 0 spiro atoms. The molecular formula is C23H21N7O. The Morgan fingerprint density at radius 1 is 0.968 bits per heavy atom. The van der Waals surface area contributed by atoms with Crippen LogP contribution in [0.1, 0.15) is 5.56 Å². The number of fused-ring (bicyclic) bond motifs is 1. The normalized spacial score (nSPS) is 13.9. The van der Waals surface area contributed by atoms with Crippen molar-refractivity contribution in [3.63, 3.8) is 0 Å². The molecule has 0 radical (unpaired) electrons. The largest absolute Gasteiger partial charge is 0.495 e. The van der Waals surface area contributed by atoms with Gasteiger partial charge in [-0.05, 0) is 30.3 Å². The summed E-state index contributed by atoms with van der Waals surface area (Å²) in [7, 11) is 1.66. The fourth-order valence-electron chi connectivity index (χ4n) is 4.01. The van der Waals surface area contributed by atoms with Crippen molar-refractivity contribution in [3.8, 4) is 17.5 Å². The first-order valence-corrected chi connectivity index (χ1v) is 10.1. The molecule has 3 heterocycles. The van der Waals surface area contributed by atoms with Gasteiger partial charge in [0.15, 0.2) is 5.65 Å². The molecule has 8 nitrogen and oxygen atoms in total. The lowest BCUT2D eigenvalue weighted by Crippen LogP contribution is -2.47. The zero-order chi connectivity index (χ0) is 21.2. The van der Waals surface area contributed by atoms with Gasteiger partial charge in [0.1, 0.15) is 17.9 Å². The summed E-state index contributed by atoms with van der Waals surface area (Å²) in [4.78, 5) is 13.6. The third kappa shape index (κ3) is 3.40. The summed E-state index contributed by atoms with van der Waals surface area (Å²) in [6.45, 7) is 3.18. The molecule has 0 N–H and O–H groups in total. The summed E-state index contributed by atoms with van der Waals surface area (Å²) in [6, 6.07) is 17.7. The predicted octanol–water partition coefficient (Wildman–Crippen LogP) is 3.02. The second-order valence-corrected chi connectivity index (χ2v) is 7.30. The van der Waals surface area contributed by atoms with Crippen molar-refractivity contribution in [2.24, 2.45) is 0 Å². The molecule has 0 bridgehead atoms. The lowest BCUT2D eigenvalue weighted by Gasteiger charge is -2.37. The van der Waals surface area contributed by atoms with E-state index in [1.54, 1.807) is 19.5 Å². The minimum absolute atomic E-state index is 0.629. The number of piperazine rings is 1. The molecule has 5 rings (SSSR count). The number of anilines is 2. The Balaban J connectivity index is 1.41. The summed E-state index contributed by atoms with van der Waals surface area (Å²) < 4.78 is 7.36. The van der Waals surface area contributed by atoms with Gasteiger partial charge in [-0.2, -0.15) is 10.4 Å². The van der Waals surface area contributed by atoms with Crippen molar-refractivity contribution in [1.29, 1.82) is 5.26 Å². The maximum absolute atomic E-state index is 9.26. The van der Waals surface area contributed by atoms with E-state index in [1.165, 1.54) is 0 Å². The summed E-state index contributed by atoms with van der Waals surface area (Å²) in [5, 5.41) is 14.7. The molecule has 154 valence electrons. The van der Waals surface area contributed by atoms with Gasteiger partial charge in [0.2, 0.25) is 0 Å². The molecular weight excluding hydrogens is 390 g/mol. The molecule has 8 heteroatoms. The van der Waals surface area contributed by atoms with Crippen LogP contribution in [0, 0.1) is 11.3 Å². The maximum atomic E-state index is 9.26. The van der Waals surface area contributed by atoms with Gasteiger partial charge in [0.05, 0.1) is 41.7 Å². The molecule has 0 saturated carbocycles. The van der Waals surface area contributed by atoms with Crippen molar-refractivity contribution in [2.45, 2.75) is 0 Å². The summed E-state index contributed by atoms with van der Waals surface area (Å²) in [5.41, 5.74) is 3.34. The SMILES string of the molecule is COc1ccc(C#N)cc1N1CCN(c2ncnc3c2cnn3-c2ccccc2)CC1. The van der Waals surface area contributed by atoms with E-state index in [0.717, 1.165) is 60.2 Å². The molecule has 0 atom stereocenters. The van der Waals surface area contributed by atoms with E-state index in [0.29, 0.717) is 5.56 Å². The maximum Gasteiger partial charge on any atom is 0.168 e. The highest BCUT2D eigenvalue weighted by molar-refractivity contribution is 5.87. The highest BCUT2D eigenvalue weighted by Crippen LogP contribution is 2.31. The second kappa shape index (κ2) is 7.95. The van der Waals surface area contributed by atoms with Gasteiger partial charge in [-0.3, -0.25) is 0 Å². The van der Waals surface area contributed by atoms with E-state index in [-0.39, 0.29) is 0 Å². The van der Waals surface area contributed by atoms with Gasteiger partial charge in [-0.15, -0.1) is 0 Å². The first kappa shape index (κ1) is 18.9. The van der Waals surface area contributed by atoms with E-state index in [9.17, 15) is 5.26 Å². The zero-order valence-corrected chi connectivity index (χ0v) is 17.1. The Bertz CT molecular complexity index is 1250. The number of hydrogen-bond acceptors (Lipinski definition) is 7. The van der Waals surface area contributed by atoms with Crippen LogP contribution in [-0.4, -0.2) is 53.0 Å². The number of para-hydroxylation sites is 1. The van der Waals surface area contributed by atoms with Crippen LogP contribution >= 0.6 is 0 Å². The lowest BCUT2D eigenvalue weighted by molar-refractivity contribution is 0.413. The zero-order valence-electron chi connectivity index (χ0n) is 17.1. The molecule has 1 aliphatic rings. The Kier molecular flexibility index (Phi) is 4.84. The van der Waals surface area contributed by atoms with Gasteiger partial charge in [0.25, 0.3) is 0 Å². The minimum Gasteiger partial charge on any atom is -0.495 e. The minimum atomic E-state index is 0.629. The quantitative estimate of drug-likeness (QED) is 0.510. The van der Waals surface area contributed by atoms with Crippen molar-refractivity contribution >= 4 is 22.5 Å². The van der Waals surface area contributed by atoms with Crippen LogP contribution in [0.4, 0.5) is 11.5 Å². The number of nitrogens with zero attached hydrogens (tertiary/aromatic N) is 7. The van der Waals surface area contributed by atoms with Gasteiger partial charge in [0, 0.05) is 26.2 Å². The standard InChI is InChI=1S/C23H21N7O/c1-31-21-8-7-17(14-24)13-20(21)28-9-11-29(12-10-28)22-19-15-27-30(23(19)26-16-25-22)18-5-3-2-4-6-18/h2-8,13,15-16H,9-12H2,1H3. The average molecular weight is 411 g/mol. The lowest BCUT2D eigenvalue weighted by atomic mass is 10.1. The molecule has 2 aromatic heterocycles. The Labute approximate surface area is 179 Å². The first-order valence-electron chi connectivity index (χ1n) is 10.1. The van der Waals surface area contributed by atoms with Crippen LogP contribution < -0.4 is 14.5 Å². The van der Waals surface area contributed by atoms with Gasteiger partial charge < -0.3 is 14.5 Å². The van der Waals surface area contributed by atoms with Crippen molar-refractivity contribution < 1.29 is 4.74 Å². The Morgan fingerprint density at radius 2 is 1.74 bits per heavy atom. The van der Waals surface area contributed by atoms with Crippen LogP contribution in [0.15, 0.2) is 61.1 Å². The predicted molar refractivity (Wildman–Crippen MR) is 119 cm³/mol. The van der Waals surface area contributed by atoms with Gasteiger partial charge >= 0.3 is 0 Å². The third-order valence-corrected chi connectivity index (χ3v) is 5.57. The molecule has 0 amide bonds. The van der Waals surface area contributed by atoms with Crippen molar-refractivity contribution in [1.82, 2.24) is 19.7 Å². The Hall–Kier alpha value is -4.12. The van der Waals surface area contributed by atoms with Crippen LogP contribution in [-0.2, 0) is 0 Å². The fraction of sp³-hybridized carbons (Fsp3) is 0.217. The smallest absolute Gasteiger partial charge is 0.168 e. The number of hydrogen-bond donors (Lipinski definition) is 0. The molecule has 1 aliphatic heterocycles. The van der Waals surface area contributed by atoms with Crippen molar-refractivity contribution in [3.05, 3.63) is 66.6 Å². The highest BCUT2D eigenvalue weighted by atomic mass is 16.5. The number of methoxy groups -OCH3 is 1. The molecule has 4 aromatic rings. The molecule has 1 saturated heterocycles. The van der Waals surface area contributed by atoms with Crippen LogP contribution in [0.5, 0.6) is 5.75 Å². The van der Waals surface area contributed by atoms with Gasteiger partial charge in [-0.1, -0.05) is 18.2 Å². The number of nitriles is 1. The van der Waals surface area contributed by atoms with Gasteiger partial charge in [-0.25, -0.2) is 14.6 Å². The molecule has 0 unspecified atom stereocenters. The number of rotatable bonds is 4. The highest BCUT2D eigenvalue weighted by Gasteiger charge is 2.23. The van der Waals surface area contributed by atoms with E-state index < -0.39 is 0 Å². The van der Waals surface area contributed by atoms with E-state index in [1.807, 2.05) is 53.3 Å². The summed E-state index contributed by atoms with van der Waals surface area (Å²) >= 11 is 0. The van der Waals surface area contributed by atoms with E-state index in [2.05, 4.69) is 30.9 Å².